The van der Waals surface area contributed by atoms with Crippen molar-refractivity contribution in [1.29, 1.82) is 0 Å². The molecule has 0 aromatic heterocycles. The molecule has 2 unspecified atom stereocenters. The minimum Gasteiger partial charge on any atom is -0.493 e. The predicted octanol–water partition coefficient (Wildman–Crippen LogP) is 3.72. The summed E-state index contributed by atoms with van der Waals surface area (Å²) in [5, 5.41) is 3.74. The summed E-state index contributed by atoms with van der Waals surface area (Å²) in [4.78, 5) is 0. The van der Waals surface area contributed by atoms with E-state index in [9.17, 15) is 0 Å². The number of benzene rings is 1. The molecule has 0 radical (unpaired) electrons. The van der Waals surface area contributed by atoms with Gasteiger partial charge < -0.3 is 10.1 Å². The van der Waals surface area contributed by atoms with Crippen LogP contribution in [0.15, 0.2) is 24.3 Å². The lowest BCUT2D eigenvalue weighted by molar-refractivity contribution is 0.206. The maximum atomic E-state index is 5.80. The fourth-order valence-electron chi connectivity index (χ4n) is 3.53. The zero-order valence-corrected chi connectivity index (χ0v) is 11.9. The second kappa shape index (κ2) is 5.96. The molecule has 0 amide bonds. The van der Waals surface area contributed by atoms with E-state index in [0.29, 0.717) is 12.0 Å². The quantitative estimate of drug-likeness (QED) is 0.870. The van der Waals surface area contributed by atoms with Crippen molar-refractivity contribution < 1.29 is 4.74 Å². The van der Waals surface area contributed by atoms with Gasteiger partial charge in [-0.25, -0.2) is 0 Å². The van der Waals surface area contributed by atoms with E-state index in [2.05, 4.69) is 36.5 Å². The van der Waals surface area contributed by atoms with Crippen LogP contribution >= 0.6 is 0 Å². The van der Waals surface area contributed by atoms with Crippen molar-refractivity contribution in [2.45, 2.75) is 51.0 Å². The maximum absolute atomic E-state index is 5.80. The predicted molar refractivity (Wildman–Crippen MR) is 78.7 cm³/mol. The van der Waals surface area contributed by atoms with Crippen molar-refractivity contribution in [3.05, 3.63) is 29.8 Å². The Hall–Kier alpha value is -1.02. The van der Waals surface area contributed by atoms with Gasteiger partial charge in [-0.2, -0.15) is 0 Å². The van der Waals surface area contributed by atoms with Gasteiger partial charge in [0.2, 0.25) is 0 Å². The molecule has 1 heterocycles. The number of nitrogens with one attached hydrogen (secondary N) is 1. The molecule has 1 saturated carbocycles. The molecular weight excluding hydrogens is 234 g/mol. The van der Waals surface area contributed by atoms with Gasteiger partial charge in [-0.3, -0.25) is 0 Å². The van der Waals surface area contributed by atoms with Crippen LogP contribution in [0.4, 0.5) is 0 Å². The topological polar surface area (TPSA) is 21.3 Å². The standard InChI is InChI=1S/C17H25NO/c1-2-18-16(12-13-6-5-7-13)14-10-11-19-17-9-4-3-8-15(14)17/h3-4,8-9,13-14,16,18H,2,5-7,10-12H2,1H3. The molecular formula is C17H25NO. The van der Waals surface area contributed by atoms with Gasteiger partial charge in [-0.1, -0.05) is 44.4 Å². The number of likely N-dealkylation sites (N-methyl/N-ethyl adjacent to an activating group) is 1. The Kier molecular flexibility index (Phi) is 4.07. The Morgan fingerprint density at radius 3 is 2.84 bits per heavy atom. The Balaban J connectivity index is 1.77. The van der Waals surface area contributed by atoms with Crippen LogP contribution in [0.25, 0.3) is 0 Å². The van der Waals surface area contributed by atoms with Crippen LogP contribution in [0.1, 0.15) is 50.5 Å². The summed E-state index contributed by atoms with van der Waals surface area (Å²) in [6, 6.07) is 9.22. The van der Waals surface area contributed by atoms with Crippen molar-refractivity contribution in [3.63, 3.8) is 0 Å². The largest absolute Gasteiger partial charge is 0.493 e. The zero-order valence-electron chi connectivity index (χ0n) is 11.9. The van der Waals surface area contributed by atoms with E-state index in [1.165, 1.54) is 31.2 Å². The van der Waals surface area contributed by atoms with Crippen LogP contribution in [-0.2, 0) is 0 Å². The SMILES string of the molecule is CCNC(CC1CCC1)C1CCOc2ccccc21. The summed E-state index contributed by atoms with van der Waals surface area (Å²) in [6.45, 7) is 4.16. The van der Waals surface area contributed by atoms with Gasteiger partial charge in [0.25, 0.3) is 0 Å². The van der Waals surface area contributed by atoms with Gasteiger partial charge in [0.1, 0.15) is 5.75 Å². The number of ether oxygens (including phenoxy) is 1. The van der Waals surface area contributed by atoms with Crippen LogP contribution in [0.5, 0.6) is 5.75 Å². The maximum Gasteiger partial charge on any atom is 0.122 e. The average Bonchev–Trinajstić information content (AvgIpc) is 2.41. The van der Waals surface area contributed by atoms with E-state index in [-0.39, 0.29) is 0 Å². The lowest BCUT2D eigenvalue weighted by Gasteiger charge is -2.37. The smallest absolute Gasteiger partial charge is 0.122 e. The number of fused-ring (bicyclic) bond motifs is 1. The third kappa shape index (κ3) is 2.79. The van der Waals surface area contributed by atoms with Crippen molar-refractivity contribution >= 4 is 0 Å². The average molecular weight is 259 g/mol. The summed E-state index contributed by atoms with van der Waals surface area (Å²) in [6.07, 6.45) is 6.81. The van der Waals surface area contributed by atoms with Crippen LogP contribution in [-0.4, -0.2) is 19.2 Å². The number of rotatable bonds is 5. The zero-order chi connectivity index (χ0) is 13.1. The molecule has 1 aliphatic heterocycles. The fourth-order valence-corrected chi connectivity index (χ4v) is 3.53. The van der Waals surface area contributed by atoms with Crippen molar-refractivity contribution in [2.75, 3.05) is 13.2 Å². The van der Waals surface area contributed by atoms with E-state index in [1.807, 2.05) is 0 Å². The third-order valence-corrected chi connectivity index (χ3v) is 4.77. The molecule has 1 N–H and O–H groups in total. The van der Waals surface area contributed by atoms with Crippen LogP contribution in [0.3, 0.4) is 0 Å². The Bertz CT molecular complexity index is 413. The molecule has 2 aliphatic rings. The molecule has 3 rings (SSSR count). The Labute approximate surface area is 116 Å². The molecule has 1 aromatic carbocycles. The lowest BCUT2D eigenvalue weighted by Crippen LogP contribution is -2.39. The van der Waals surface area contributed by atoms with Crippen LogP contribution < -0.4 is 10.1 Å². The summed E-state index contributed by atoms with van der Waals surface area (Å²) in [7, 11) is 0. The highest BCUT2D eigenvalue weighted by Crippen LogP contribution is 2.40. The first kappa shape index (κ1) is 13.0. The van der Waals surface area contributed by atoms with Gasteiger partial charge >= 0.3 is 0 Å². The van der Waals surface area contributed by atoms with E-state index in [4.69, 9.17) is 4.74 Å². The van der Waals surface area contributed by atoms with Crippen molar-refractivity contribution in [2.24, 2.45) is 5.92 Å². The lowest BCUT2D eigenvalue weighted by atomic mass is 9.75. The molecule has 2 atom stereocenters. The highest BCUT2D eigenvalue weighted by atomic mass is 16.5. The molecule has 0 spiro atoms. The van der Waals surface area contributed by atoms with E-state index < -0.39 is 0 Å². The molecule has 19 heavy (non-hydrogen) atoms. The highest BCUT2D eigenvalue weighted by molar-refractivity contribution is 5.38. The van der Waals surface area contributed by atoms with Crippen LogP contribution in [0.2, 0.25) is 0 Å². The fraction of sp³-hybridized carbons (Fsp3) is 0.647. The second-order valence-corrected chi connectivity index (χ2v) is 5.98. The molecule has 2 heteroatoms. The van der Waals surface area contributed by atoms with E-state index >= 15 is 0 Å². The molecule has 2 nitrogen and oxygen atoms in total. The molecule has 1 aliphatic carbocycles. The molecule has 1 fully saturated rings. The number of hydrogen-bond acceptors (Lipinski definition) is 2. The van der Waals surface area contributed by atoms with Gasteiger partial charge in [-0.15, -0.1) is 0 Å². The first-order valence-corrected chi connectivity index (χ1v) is 7.83. The van der Waals surface area contributed by atoms with Crippen LogP contribution in [0, 0.1) is 5.92 Å². The van der Waals surface area contributed by atoms with Crippen molar-refractivity contribution in [1.82, 2.24) is 5.32 Å². The van der Waals surface area contributed by atoms with E-state index in [1.54, 1.807) is 0 Å². The van der Waals surface area contributed by atoms with Gasteiger partial charge in [-0.05, 0) is 36.9 Å². The van der Waals surface area contributed by atoms with Gasteiger partial charge in [0.15, 0.2) is 0 Å². The highest BCUT2D eigenvalue weighted by Gasteiger charge is 2.31. The van der Waals surface area contributed by atoms with Gasteiger partial charge in [0.05, 0.1) is 6.61 Å². The normalized spacial score (nSPS) is 24.2. The third-order valence-electron chi connectivity index (χ3n) is 4.77. The van der Waals surface area contributed by atoms with Gasteiger partial charge in [0, 0.05) is 12.0 Å². The summed E-state index contributed by atoms with van der Waals surface area (Å²) >= 11 is 0. The molecule has 0 saturated heterocycles. The van der Waals surface area contributed by atoms with E-state index in [0.717, 1.165) is 31.2 Å². The molecule has 104 valence electrons. The Morgan fingerprint density at radius 2 is 2.11 bits per heavy atom. The van der Waals surface area contributed by atoms with Crippen molar-refractivity contribution in [3.8, 4) is 5.75 Å². The first-order chi connectivity index (χ1) is 9.38. The minimum atomic E-state index is 0.625. The first-order valence-electron chi connectivity index (χ1n) is 7.83. The number of hydrogen-bond donors (Lipinski definition) is 1. The summed E-state index contributed by atoms with van der Waals surface area (Å²) < 4.78 is 5.80. The molecule has 0 bridgehead atoms. The minimum absolute atomic E-state index is 0.625. The number of para-hydroxylation sites is 1. The summed E-state index contributed by atoms with van der Waals surface area (Å²) in [5.74, 6) is 2.69. The monoisotopic (exact) mass is 259 g/mol. The second-order valence-electron chi connectivity index (χ2n) is 5.98. The molecule has 1 aromatic rings. The Morgan fingerprint density at radius 1 is 1.26 bits per heavy atom. The summed E-state index contributed by atoms with van der Waals surface area (Å²) in [5.41, 5.74) is 1.42.